The molecule has 0 saturated carbocycles. The van der Waals surface area contributed by atoms with Crippen LogP contribution >= 0.6 is 0 Å². The van der Waals surface area contributed by atoms with Gasteiger partial charge in [-0.3, -0.25) is 0 Å². The van der Waals surface area contributed by atoms with E-state index >= 15 is 0 Å². The standard InChI is InChI=1S/C44H64O4/c1-9-11-13-18-35-27-40(45)38(23-20-33(7)17-15-16-31(3)4)42(29-35)47-24-25-48-43-30-36(19-14-12-10-2)28-41(46)44(43)39-26-34(8)21-22-37(39)32(5)6/h21-22,26-31,33,45-46H,5,9-20,23-25H2,1-4,6-8H3/t33-/m1/s1. The SMILES string of the molecule is C=C(C)c1ccc(C)cc1-c1c(O)cc(CCCCC)cc1OCCOc1cc(CCCCC)cc(O)c1CC[C@H](C)CCCC(C)C. The molecule has 264 valence electrons. The van der Waals surface area contributed by atoms with E-state index in [0.717, 1.165) is 108 Å². The maximum absolute atomic E-state index is 11.4. The molecule has 0 saturated heterocycles. The topological polar surface area (TPSA) is 58.9 Å². The Morgan fingerprint density at radius 2 is 1.31 bits per heavy atom. The smallest absolute Gasteiger partial charge is 0.131 e. The van der Waals surface area contributed by atoms with E-state index in [1.165, 1.54) is 25.7 Å². The van der Waals surface area contributed by atoms with Crippen molar-refractivity contribution in [1.82, 2.24) is 0 Å². The van der Waals surface area contributed by atoms with Crippen LogP contribution in [0.1, 0.15) is 134 Å². The number of benzene rings is 3. The Morgan fingerprint density at radius 3 is 1.92 bits per heavy atom. The first-order valence-corrected chi connectivity index (χ1v) is 18.8. The molecule has 48 heavy (non-hydrogen) atoms. The molecule has 3 aromatic carbocycles. The monoisotopic (exact) mass is 656 g/mol. The van der Waals surface area contributed by atoms with Crippen molar-refractivity contribution in [2.24, 2.45) is 11.8 Å². The van der Waals surface area contributed by atoms with Crippen LogP contribution in [0, 0.1) is 18.8 Å². The number of aromatic hydroxyl groups is 2. The molecule has 0 bridgehead atoms. The fourth-order valence-electron chi connectivity index (χ4n) is 6.50. The minimum Gasteiger partial charge on any atom is -0.508 e. The lowest BCUT2D eigenvalue weighted by molar-refractivity contribution is 0.215. The van der Waals surface area contributed by atoms with E-state index in [1.807, 2.05) is 19.1 Å². The number of hydrogen-bond acceptors (Lipinski definition) is 4. The number of rotatable bonds is 22. The first kappa shape index (κ1) is 39.0. The van der Waals surface area contributed by atoms with Crippen molar-refractivity contribution in [1.29, 1.82) is 0 Å². The first-order chi connectivity index (χ1) is 23.0. The third-order valence-corrected chi connectivity index (χ3v) is 9.39. The van der Waals surface area contributed by atoms with Gasteiger partial charge in [0.25, 0.3) is 0 Å². The number of phenols is 2. The molecule has 0 unspecified atom stereocenters. The first-order valence-electron chi connectivity index (χ1n) is 18.8. The van der Waals surface area contributed by atoms with Gasteiger partial charge >= 0.3 is 0 Å². The van der Waals surface area contributed by atoms with E-state index in [9.17, 15) is 10.2 Å². The van der Waals surface area contributed by atoms with Crippen LogP contribution in [0.25, 0.3) is 16.7 Å². The van der Waals surface area contributed by atoms with Crippen molar-refractivity contribution in [3.63, 3.8) is 0 Å². The van der Waals surface area contributed by atoms with Crippen molar-refractivity contribution in [2.45, 2.75) is 132 Å². The van der Waals surface area contributed by atoms with Gasteiger partial charge in [0.15, 0.2) is 0 Å². The van der Waals surface area contributed by atoms with Gasteiger partial charge in [0.1, 0.15) is 36.2 Å². The Bertz CT molecular complexity index is 1440. The molecular formula is C44H64O4. The highest BCUT2D eigenvalue weighted by atomic mass is 16.5. The molecule has 4 heteroatoms. The van der Waals surface area contributed by atoms with Gasteiger partial charge in [-0.1, -0.05) is 115 Å². The number of hydrogen-bond donors (Lipinski definition) is 2. The zero-order valence-corrected chi connectivity index (χ0v) is 31.2. The van der Waals surface area contributed by atoms with E-state index in [1.54, 1.807) is 0 Å². The third-order valence-electron chi connectivity index (χ3n) is 9.39. The van der Waals surface area contributed by atoms with Gasteiger partial charge in [-0.25, -0.2) is 0 Å². The van der Waals surface area contributed by atoms with Gasteiger partial charge in [-0.2, -0.15) is 0 Å². The summed E-state index contributed by atoms with van der Waals surface area (Å²) in [6.07, 6.45) is 14.1. The van der Waals surface area contributed by atoms with Gasteiger partial charge in [-0.05, 0) is 111 Å². The van der Waals surface area contributed by atoms with Crippen molar-refractivity contribution >= 4 is 5.57 Å². The molecule has 2 N–H and O–H groups in total. The maximum atomic E-state index is 11.4. The molecular weight excluding hydrogens is 592 g/mol. The molecule has 3 rings (SSSR count). The molecule has 0 aromatic heterocycles. The summed E-state index contributed by atoms with van der Waals surface area (Å²) in [5.74, 6) is 3.31. The zero-order chi connectivity index (χ0) is 35.1. The molecule has 3 aromatic rings. The fourth-order valence-corrected chi connectivity index (χ4v) is 6.50. The summed E-state index contributed by atoms with van der Waals surface area (Å²) in [5.41, 5.74) is 7.73. The summed E-state index contributed by atoms with van der Waals surface area (Å²) in [5, 5.41) is 22.6. The molecule has 0 heterocycles. The quantitative estimate of drug-likeness (QED) is 0.106. The summed E-state index contributed by atoms with van der Waals surface area (Å²) in [6, 6.07) is 14.3. The molecule has 0 aliphatic carbocycles. The average Bonchev–Trinajstić information content (AvgIpc) is 3.02. The lowest BCUT2D eigenvalue weighted by Crippen LogP contribution is -2.12. The molecule has 0 radical (unpaired) electrons. The predicted octanol–water partition coefficient (Wildman–Crippen LogP) is 12.4. The highest BCUT2D eigenvalue weighted by molar-refractivity contribution is 5.86. The Morgan fingerprint density at radius 1 is 0.708 bits per heavy atom. The number of aryl methyl sites for hydroxylation is 3. The lowest BCUT2D eigenvalue weighted by atomic mass is 9.91. The molecule has 0 fully saturated rings. The number of unbranched alkanes of at least 4 members (excludes halogenated alkanes) is 4. The predicted molar refractivity (Wildman–Crippen MR) is 205 cm³/mol. The van der Waals surface area contributed by atoms with E-state index in [2.05, 4.69) is 78.5 Å². The van der Waals surface area contributed by atoms with Crippen LogP contribution in [0.15, 0.2) is 49.0 Å². The van der Waals surface area contributed by atoms with E-state index in [4.69, 9.17) is 9.47 Å². The van der Waals surface area contributed by atoms with Crippen LogP contribution in [0.4, 0.5) is 0 Å². The zero-order valence-electron chi connectivity index (χ0n) is 31.2. The average molecular weight is 657 g/mol. The molecule has 1 atom stereocenters. The Kier molecular flexibility index (Phi) is 16.4. The van der Waals surface area contributed by atoms with Crippen LogP contribution in [-0.2, 0) is 19.3 Å². The van der Waals surface area contributed by atoms with Crippen LogP contribution in [-0.4, -0.2) is 23.4 Å². The fraction of sp³-hybridized carbons (Fsp3) is 0.545. The summed E-state index contributed by atoms with van der Waals surface area (Å²) >= 11 is 0. The van der Waals surface area contributed by atoms with Crippen molar-refractivity contribution in [3.05, 3.63) is 76.9 Å². The van der Waals surface area contributed by atoms with Crippen molar-refractivity contribution in [3.8, 4) is 34.1 Å². The van der Waals surface area contributed by atoms with Gasteiger partial charge in [0, 0.05) is 5.56 Å². The number of phenolic OH excluding ortho intramolecular Hbond substituents is 2. The summed E-state index contributed by atoms with van der Waals surface area (Å²) in [7, 11) is 0. The summed E-state index contributed by atoms with van der Waals surface area (Å²) in [4.78, 5) is 0. The second-order valence-electron chi connectivity index (χ2n) is 14.5. The molecule has 0 amide bonds. The Balaban J connectivity index is 1.84. The Hall–Kier alpha value is -3.40. The van der Waals surface area contributed by atoms with E-state index in [0.29, 0.717) is 36.2 Å². The van der Waals surface area contributed by atoms with Gasteiger partial charge in [0.05, 0.1) is 5.56 Å². The molecule has 0 spiro atoms. The van der Waals surface area contributed by atoms with E-state index in [-0.39, 0.29) is 5.75 Å². The molecule has 4 nitrogen and oxygen atoms in total. The second kappa shape index (κ2) is 20.2. The minimum atomic E-state index is 0.225. The molecule has 0 aliphatic rings. The third kappa shape index (κ3) is 12.2. The van der Waals surface area contributed by atoms with Gasteiger partial charge in [0.2, 0.25) is 0 Å². The largest absolute Gasteiger partial charge is 0.508 e. The van der Waals surface area contributed by atoms with Crippen molar-refractivity contribution < 1.29 is 19.7 Å². The van der Waals surface area contributed by atoms with Crippen LogP contribution < -0.4 is 9.47 Å². The second-order valence-corrected chi connectivity index (χ2v) is 14.5. The number of ether oxygens (including phenoxy) is 2. The maximum Gasteiger partial charge on any atom is 0.131 e. The van der Waals surface area contributed by atoms with E-state index < -0.39 is 0 Å². The highest BCUT2D eigenvalue weighted by Crippen LogP contribution is 2.43. The molecule has 0 aliphatic heterocycles. The van der Waals surface area contributed by atoms with Crippen LogP contribution in [0.5, 0.6) is 23.0 Å². The van der Waals surface area contributed by atoms with Crippen molar-refractivity contribution in [2.75, 3.05) is 13.2 Å². The highest BCUT2D eigenvalue weighted by Gasteiger charge is 2.19. The summed E-state index contributed by atoms with van der Waals surface area (Å²) < 4.78 is 12.9. The minimum absolute atomic E-state index is 0.225. The van der Waals surface area contributed by atoms with Crippen LogP contribution in [0.2, 0.25) is 0 Å². The normalized spacial score (nSPS) is 12.0. The summed E-state index contributed by atoms with van der Waals surface area (Å²) in [6.45, 7) is 20.2. The van der Waals surface area contributed by atoms with Gasteiger partial charge in [-0.15, -0.1) is 0 Å². The van der Waals surface area contributed by atoms with Crippen LogP contribution in [0.3, 0.4) is 0 Å². The number of allylic oxidation sites excluding steroid dienone is 1. The lowest BCUT2D eigenvalue weighted by Gasteiger charge is -2.20. The Labute approximate surface area is 292 Å². The van der Waals surface area contributed by atoms with Gasteiger partial charge < -0.3 is 19.7 Å².